The van der Waals surface area contributed by atoms with Gasteiger partial charge in [0.15, 0.2) is 0 Å². The molecule has 1 aromatic carbocycles. The second-order valence-corrected chi connectivity index (χ2v) is 6.05. The van der Waals surface area contributed by atoms with E-state index in [2.05, 4.69) is 25.8 Å². The third-order valence-electron chi connectivity index (χ3n) is 4.14. The van der Waals surface area contributed by atoms with Crippen molar-refractivity contribution in [2.24, 2.45) is 0 Å². The molecule has 0 spiro atoms. The lowest BCUT2D eigenvalue weighted by molar-refractivity contribution is 0.0585. The van der Waals surface area contributed by atoms with Crippen molar-refractivity contribution in [2.45, 2.75) is 32.0 Å². The zero-order valence-corrected chi connectivity index (χ0v) is 13.7. The number of carbonyl (C=O) groups excluding carboxylic acids is 1. The summed E-state index contributed by atoms with van der Waals surface area (Å²) in [6, 6.07) is 8.38. The Kier molecular flexibility index (Phi) is 4.93. The first kappa shape index (κ1) is 16.0. The summed E-state index contributed by atoms with van der Waals surface area (Å²) in [6.07, 6.45) is 4.76. The van der Waals surface area contributed by atoms with E-state index in [0.29, 0.717) is 12.7 Å². The molecule has 2 aromatic rings. The normalized spacial score (nSPS) is 18.3. The molecule has 0 radical (unpaired) electrons. The molecule has 3 rings (SSSR count). The van der Waals surface area contributed by atoms with Gasteiger partial charge in [0.1, 0.15) is 6.33 Å². The lowest BCUT2D eigenvalue weighted by Gasteiger charge is -2.24. The predicted octanol–water partition coefficient (Wildman–Crippen LogP) is 2.38. The Labute approximate surface area is 140 Å². The Morgan fingerprint density at radius 3 is 3.04 bits per heavy atom. The number of hydrogen-bond acceptors (Lipinski definition) is 5. The fraction of sp³-hybridized carbons (Fsp3) is 0.438. The van der Waals surface area contributed by atoms with Gasteiger partial charge < -0.3 is 4.74 Å². The van der Waals surface area contributed by atoms with Crippen molar-refractivity contribution in [2.75, 3.05) is 13.7 Å². The number of aromatic nitrogens is 3. The number of rotatable bonds is 5. The van der Waals surface area contributed by atoms with Crippen LogP contribution in [0.25, 0.3) is 0 Å². The molecule has 0 saturated carbocycles. The number of carbonyl (C=O) groups is 1. The monoisotopic (exact) mass is 334 g/mol. The fourth-order valence-corrected chi connectivity index (χ4v) is 3.18. The lowest BCUT2D eigenvalue weighted by Crippen LogP contribution is -2.33. The van der Waals surface area contributed by atoms with Gasteiger partial charge in [-0.2, -0.15) is 0 Å². The SMILES string of the molecule is COC(=O)c1ncn(CN2CCC[C@@H]2Cc2ccccc2Cl)n1. The first-order chi connectivity index (χ1) is 11.2. The number of hydrogen-bond donors (Lipinski definition) is 0. The average molecular weight is 335 g/mol. The van der Waals surface area contributed by atoms with Crippen molar-refractivity contribution < 1.29 is 9.53 Å². The van der Waals surface area contributed by atoms with E-state index in [4.69, 9.17) is 11.6 Å². The van der Waals surface area contributed by atoms with Gasteiger partial charge in [-0.05, 0) is 30.9 Å². The van der Waals surface area contributed by atoms with E-state index >= 15 is 0 Å². The number of methoxy groups -OCH3 is 1. The van der Waals surface area contributed by atoms with Crippen molar-refractivity contribution in [3.63, 3.8) is 0 Å². The van der Waals surface area contributed by atoms with Crippen LogP contribution in [0, 0.1) is 0 Å². The van der Waals surface area contributed by atoms with Gasteiger partial charge in [-0.15, -0.1) is 5.10 Å². The maximum Gasteiger partial charge on any atom is 0.377 e. The van der Waals surface area contributed by atoms with Crippen LogP contribution in [-0.2, 0) is 17.8 Å². The summed E-state index contributed by atoms with van der Waals surface area (Å²) in [6.45, 7) is 1.61. The molecular weight excluding hydrogens is 316 g/mol. The maximum atomic E-state index is 11.4. The highest BCUT2D eigenvalue weighted by Gasteiger charge is 2.26. The molecule has 1 aliphatic heterocycles. The number of likely N-dealkylation sites (tertiary alicyclic amines) is 1. The minimum Gasteiger partial charge on any atom is -0.463 e. The number of benzene rings is 1. The minimum absolute atomic E-state index is 0.0920. The van der Waals surface area contributed by atoms with Gasteiger partial charge in [0.25, 0.3) is 5.82 Å². The van der Waals surface area contributed by atoms with E-state index in [9.17, 15) is 4.79 Å². The maximum absolute atomic E-state index is 11.4. The summed E-state index contributed by atoms with van der Waals surface area (Å²) in [5, 5.41) is 4.98. The van der Waals surface area contributed by atoms with E-state index in [-0.39, 0.29) is 5.82 Å². The summed E-state index contributed by atoms with van der Waals surface area (Å²) in [7, 11) is 1.32. The van der Waals surface area contributed by atoms with E-state index in [1.54, 1.807) is 11.0 Å². The number of ether oxygens (including phenoxy) is 1. The molecule has 0 N–H and O–H groups in total. The zero-order chi connectivity index (χ0) is 16.2. The molecule has 7 heteroatoms. The molecule has 1 fully saturated rings. The molecule has 1 atom stereocenters. The Morgan fingerprint density at radius 2 is 2.26 bits per heavy atom. The van der Waals surface area contributed by atoms with Gasteiger partial charge in [0, 0.05) is 17.6 Å². The van der Waals surface area contributed by atoms with Gasteiger partial charge in [0.05, 0.1) is 13.8 Å². The summed E-state index contributed by atoms with van der Waals surface area (Å²) in [5.41, 5.74) is 1.17. The molecule has 122 valence electrons. The molecule has 23 heavy (non-hydrogen) atoms. The lowest BCUT2D eigenvalue weighted by atomic mass is 10.0. The second kappa shape index (κ2) is 7.10. The quantitative estimate of drug-likeness (QED) is 0.786. The Morgan fingerprint density at radius 1 is 1.43 bits per heavy atom. The van der Waals surface area contributed by atoms with Gasteiger partial charge >= 0.3 is 5.97 Å². The van der Waals surface area contributed by atoms with Crippen LogP contribution in [0.2, 0.25) is 5.02 Å². The Bertz CT molecular complexity index is 688. The van der Waals surface area contributed by atoms with Gasteiger partial charge in [-0.25, -0.2) is 14.5 Å². The predicted molar refractivity (Wildman–Crippen MR) is 86.2 cm³/mol. The standard InChI is InChI=1S/C16H19ClN4O2/c1-23-16(22)15-18-10-21(19-15)11-20-8-4-6-13(20)9-12-5-2-3-7-14(12)17/h2-3,5,7,10,13H,4,6,8-9,11H2,1H3/t13-/m1/s1. The van der Waals surface area contributed by atoms with Crippen molar-refractivity contribution in [3.8, 4) is 0 Å². The van der Waals surface area contributed by atoms with Crippen LogP contribution >= 0.6 is 11.6 Å². The molecule has 0 amide bonds. The smallest absolute Gasteiger partial charge is 0.377 e. The number of halogens is 1. The number of nitrogens with zero attached hydrogens (tertiary/aromatic N) is 4. The summed E-state index contributed by atoms with van der Waals surface area (Å²) in [5.74, 6) is -0.424. The van der Waals surface area contributed by atoms with Crippen LogP contribution in [0.1, 0.15) is 29.0 Å². The van der Waals surface area contributed by atoms with Crippen LogP contribution in [-0.4, -0.2) is 45.3 Å². The molecule has 0 aliphatic carbocycles. The van der Waals surface area contributed by atoms with E-state index in [1.165, 1.54) is 12.7 Å². The molecule has 1 aliphatic rings. The highest BCUT2D eigenvalue weighted by Crippen LogP contribution is 2.25. The molecule has 2 heterocycles. The van der Waals surface area contributed by atoms with Crippen molar-refractivity contribution in [1.29, 1.82) is 0 Å². The van der Waals surface area contributed by atoms with E-state index < -0.39 is 5.97 Å². The highest BCUT2D eigenvalue weighted by atomic mass is 35.5. The molecule has 0 unspecified atom stereocenters. The first-order valence-electron chi connectivity index (χ1n) is 7.62. The van der Waals surface area contributed by atoms with E-state index in [0.717, 1.165) is 30.8 Å². The average Bonchev–Trinajstić information content (AvgIpc) is 3.19. The summed E-state index contributed by atoms with van der Waals surface area (Å²) >= 11 is 6.27. The third kappa shape index (κ3) is 3.71. The van der Waals surface area contributed by atoms with Gasteiger partial charge in [-0.1, -0.05) is 29.8 Å². The minimum atomic E-state index is -0.516. The largest absolute Gasteiger partial charge is 0.463 e. The topological polar surface area (TPSA) is 60.2 Å². The molecular formula is C16H19ClN4O2. The van der Waals surface area contributed by atoms with Gasteiger partial charge in [-0.3, -0.25) is 4.90 Å². The van der Waals surface area contributed by atoms with Crippen LogP contribution in [0.15, 0.2) is 30.6 Å². The molecule has 0 bridgehead atoms. The third-order valence-corrected chi connectivity index (χ3v) is 4.51. The van der Waals surface area contributed by atoms with Crippen LogP contribution in [0.5, 0.6) is 0 Å². The first-order valence-corrected chi connectivity index (χ1v) is 8.00. The van der Waals surface area contributed by atoms with Crippen LogP contribution in [0.3, 0.4) is 0 Å². The summed E-state index contributed by atoms with van der Waals surface area (Å²) in [4.78, 5) is 17.7. The summed E-state index contributed by atoms with van der Waals surface area (Å²) < 4.78 is 6.31. The van der Waals surface area contributed by atoms with E-state index in [1.807, 2.05) is 18.2 Å². The highest BCUT2D eigenvalue weighted by molar-refractivity contribution is 6.31. The van der Waals surface area contributed by atoms with Crippen molar-refractivity contribution in [1.82, 2.24) is 19.7 Å². The molecule has 1 saturated heterocycles. The van der Waals surface area contributed by atoms with Crippen LogP contribution in [0.4, 0.5) is 0 Å². The zero-order valence-electron chi connectivity index (χ0n) is 13.0. The van der Waals surface area contributed by atoms with Gasteiger partial charge in [0.2, 0.25) is 0 Å². The van der Waals surface area contributed by atoms with Crippen molar-refractivity contribution in [3.05, 3.63) is 47.0 Å². The Hall–Kier alpha value is -1.92. The molecule has 6 nitrogen and oxygen atoms in total. The van der Waals surface area contributed by atoms with Crippen molar-refractivity contribution >= 4 is 17.6 Å². The second-order valence-electron chi connectivity index (χ2n) is 5.64. The molecule has 1 aromatic heterocycles. The number of esters is 1. The Balaban J connectivity index is 1.66. The van der Waals surface area contributed by atoms with Crippen LogP contribution < -0.4 is 0 Å². The fourth-order valence-electron chi connectivity index (χ4n) is 2.96.